The van der Waals surface area contributed by atoms with Crippen molar-refractivity contribution in [3.8, 4) is 0 Å². The number of aliphatic hydroxyl groups is 1. The Labute approximate surface area is 138 Å². The first-order chi connectivity index (χ1) is 11.5. The number of amides is 1. The van der Waals surface area contributed by atoms with E-state index in [1.54, 1.807) is 24.3 Å². The normalized spacial score (nSPS) is 10.5. The molecule has 6 heteroatoms. The monoisotopic (exact) mass is 333 g/mol. The van der Waals surface area contributed by atoms with Gasteiger partial charge >= 0.3 is 0 Å². The molecule has 24 heavy (non-hydrogen) atoms. The van der Waals surface area contributed by atoms with Gasteiger partial charge in [-0.05, 0) is 29.3 Å². The van der Waals surface area contributed by atoms with Crippen LogP contribution in [0.15, 0.2) is 42.5 Å². The van der Waals surface area contributed by atoms with E-state index in [1.165, 1.54) is 6.07 Å². The minimum absolute atomic E-state index is 0.0346. The van der Waals surface area contributed by atoms with E-state index in [0.717, 1.165) is 23.3 Å². The average Bonchev–Trinajstić information content (AvgIpc) is 2.60. The Balaban J connectivity index is 1.84. The molecule has 0 aliphatic carbocycles. The van der Waals surface area contributed by atoms with Crippen LogP contribution in [0.1, 0.15) is 34.3 Å². The number of Topliss-reactive ketones (excluding diaryl/α,β-unsaturated/α-hetero) is 1. The molecule has 0 heterocycles. The lowest BCUT2D eigenvalue weighted by atomic mass is 10.1. The molecule has 0 aliphatic rings. The van der Waals surface area contributed by atoms with Crippen LogP contribution in [-0.4, -0.2) is 16.8 Å². The smallest absolute Gasteiger partial charge is 0.220 e. The Kier molecular flexibility index (Phi) is 6.14. The number of rotatable bonds is 7. The Bertz CT molecular complexity index is 747. The fourth-order valence-corrected chi connectivity index (χ4v) is 2.21. The van der Waals surface area contributed by atoms with Gasteiger partial charge in [0.2, 0.25) is 5.91 Å². The van der Waals surface area contributed by atoms with Crippen LogP contribution in [0.4, 0.5) is 8.78 Å². The van der Waals surface area contributed by atoms with Crippen molar-refractivity contribution in [2.75, 3.05) is 0 Å². The summed E-state index contributed by atoms with van der Waals surface area (Å²) in [4.78, 5) is 23.7. The zero-order valence-electron chi connectivity index (χ0n) is 12.9. The number of halogens is 2. The van der Waals surface area contributed by atoms with Crippen LogP contribution in [0.5, 0.6) is 0 Å². The van der Waals surface area contributed by atoms with Crippen LogP contribution in [0.2, 0.25) is 0 Å². The van der Waals surface area contributed by atoms with E-state index >= 15 is 0 Å². The lowest BCUT2D eigenvalue weighted by Crippen LogP contribution is -2.24. The fraction of sp³-hybridized carbons (Fsp3) is 0.222. The van der Waals surface area contributed by atoms with E-state index < -0.39 is 17.4 Å². The first-order valence-corrected chi connectivity index (χ1v) is 7.44. The van der Waals surface area contributed by atoms with Gasteiger partial charge in [-0.25, -0.2) is 8.78 Å². The molecule has 0 fully saturated rings. The van der Waals surface area contributed by atoms with Crippen molar-refractivity contribution >= 4 is 11.7 Å². The first-order valence-electron chi connectivity index (χ1n) is 7.44. The number of carbonyl (C=O) groups excluding carboxylic acids is 2. The molecule has 0 bridgehead atoms. The van der Waals surface area contributed by atoms with Crippen LogP contribution in [0, 0.1) is 11.6 Å². The molecular formula is C18H17F2NO3. The van der Waals surface area contributed by atoms with Crippen molar-refractivity contribution in [3.05, 3.63) is 70.8 Å². The van der Waals surface area contributed by atoms with Gasteiger partial charge in [-0.2, -0.15) is 0 Å². The number of aliphatic hydroxyl groups excluding tert-OH is 1. The maximum absolute atomic E-state index is 13.1. The standard InChI is InChI=1S/C18H17F2NO3/c19-15-6-5-12(9-16(15)20)17(23)7-8-18(24)21-10-13-3-1-2-4-14(13)11-22/h1-6,9,22H,7-8,10-11H2,(H,21,24). The van der Waals surface area contributed by atoms with Gasteiger partial charge in [-0.15, -0.1) is 0 Å². The van der Waals surface area contributed by atoms with E-state index in [9.17, 15) is 23.5 Å². The lowest BCUT2D eigenvalue weighted by Gasteiger charge is -2.09. The maximum Gasteiger partial charge on any atom is 0.220 e. The van der Waals surface area contributed by atoms with E-state index in [2.05, 4.69) is 5.32 Å². The third-order valence-electron chi connectivity index (χ3n) is 3.59. The molecule has 126 valence electrons. The summed E-state index contributed by atoms with van der Waals surface area (Å²) < 4.78 is 25.9. The van der Waals surface area contributed by atoms with Crippen molar-refractivity contribution in [2.24, 2.45) is 0 Å². The van der Waals surface area contributed by atoms with Crippen LogP contribution in [-0.2, 0) is 17.9 Å². The Morgan fingerprint density at radius 1 is 0.958 bits per heavy atom. The molecule has 0 unspecified atom stereocenters. The number of nitrogens with one attached hydrogen (secondary N) is 1. The maximum atomic E-state index is 13.1. The number of carbonyl (C=O) groups is 2. The highest BCUT2D eigenvalue weighted by molar-refractivity contribution is 5.97. The Hall–Kier alpha value is -2.60. The molecule has 2 rings (SSSR count). The molecule has 0 atom stereocenters. The third kappa shape index (κ3) is 4.70. The second-order valence-corrected chi connectivity index (χ2v) is 5.26. The topological polar surface area (TPSA) is 66.4 Å². The fourth-order valence-electron chi connectivity index (χ4n) is 2.21. The second-order valence-electron chi connectivity index (χ2n) is 5.26. The Morgan fingerprint density at radius 3 is 2.33 bits per heavy atom. The van der Waals surface area contributed by atoms with E-state index in [4.69, 9.17) is 0 Å². The van der Waals surface area contributed by atoms with Gasteiger partial charge < -0.3 is 10.4 Å². The molecule has 2 N–H and O–H groups in total. The highest BCUT2D eigenvalue weighted by atomic mass is 19.2. The third-order valence-corrected chi connectivity index (χ3v) is 3.59. The quantitative estimate of drug-likeness (QED) is 0.766. The van der Waals surface area contributed by atoms with Gasteiger partial charge in [0, 0.05) is 24.9 Å². The van der Waals surface area contributed by atoms with Crippen LogP contribution in [0.25, 0.3) is 0 Å². The van der Waals surface area contributed by atoms with Crippen molar-refractivity contribution in [1.82, 2.24) is 5.32 Å². The summed E-state index contributed by atoms with van der Waals surface area (Å²) >= 11 is 0. The number of ketones is 1. The predicted octanol–water partition coefficient (Wildman–Crippen LogP) is 2.74. The summed E-state index contributed by atoms with van der Waals surface area (Å²) in [6, 6.07) is 10.0. The largest absolute Gasteiger partial charge is 0.392 e. The highest BCUT2D eigenvalue weighted by Crippen LogP contribution is 2.12. The summed E-state index contributed by atoms with van der Waals surface area (Å²) in [7, 11) is 0. The number of hydrogen-bond acceptors (Lipinski definition) is 3. The summed E-state index contributed by atoms with van der Waals surface area (Å²) in [5.74, 6) is -2.88. The van der Waals surface area contributed by atoms with Crippen molar-refractivity contribution in [1.29, 1.82) is 0 Å². The van der Waals surface area contributed by atoms with Crippen molar-refractivity contribution < 1.29 is 23.5 Å². The molecule has 0 radical (unpaired) electrons. The van der Waals surface area contributed by atoms with Gasteiger partial charge in [0.25, 0.3) is 0 Å². The summed E-state index contributed by atoms with van der Waals surface area (Å²) in [5.41, 5.74) is 1.54. The summed E-state index contributed by atoms with van der Waals surface area (Å²) in [6.45, 7) is 0.121. The molecule has 0 saturated carbocycles. The molecule has 0 aromatic heterocycles. The molecule has 1 amide bonds. The zero-order chi connectivity index (χ0) is 17.5. The molecule has 0 saturated heterocycles. The first kappa shape index (κ1) is 17.7. The van der Waals surface area contributed by atoms with E-state index in [-0.39, 0.29) is 37.5 Å². The highest BCUT2D eigenvalue weighted by Gasteiger charge is 2.12. The van der Waals surface area contributed by atoms with Crippen molar-refractivity contribution in [2.45, 2.75) is 26.0 Å². The Morgan fingerprint density at radius 2 is 1.67 bits per heavy atom. The van der Waals surface area contributed by atoms with Gasteiger partial charge in [0.15, 0.2) is 17.4 Å². The average molecular weight is 333 g/mol. The zero-order valence-corrected chi connectivity index (χ0v) is 12.9. The van der Waals surface area contributed by atoms with Gasteiger partial charge in [-0.3, -0.25) is 9.59 Å². The summed E-state index contributed by atoms with van der Waals surface area (Å²) in [5, 5.41) is 11.9. The van der Waals surface area contributed by atoms with Crippen LogP contribution in [0.3, 0.4) is 0 Å². The summed E-state index contributed by atoms with van der Waals surface area (Å²) in [6.07, 6.45) is -0.155. The minimum Gasteiger partial charge on any atom is -0.392 e. The number of benzene rings is 2. The molecule has 2 aromatic carbocycles. The predicted molar refractivity (Wildman–Crippen MR) is 84.1 cm³/mol. The van der Waals surface area contributed by atoms with Crippen LogP contribution < -0.4 is 5.32 Å². The SMILES string of the molecule is O=C(CCC(=O)c1ccc(F)c(F)c1)NCc1ccccc1CO. The van der Waals surface area contributed by atoms with E-state index in [0.29, 0.717) is 0 Å². The molecular weight excluding hydrogens is 316 g/mol. The van der Waals surface area contributed by atoms with Gasteiger partial charge in [0.1, 0.15) is 0 Å². The van der Waals surface area contributed by atoms with Gasteiger partial charge in [-0.1, -0.05) is 24.3 Å². The molecule has 0 spiro atoms. The van der Waals surface area contributed by atoms with E-state index in [1.807, 2.05) is 0 Å². The number of hydrogen-bond donors (Lipinski definition) is 2. The van der Waals surface area contributed by atoms with Crippen molar-refractivity contribution in [3.63, 3.8) is 0 Å². The molecule has 4 nitrogen and oxygen atoms in total. The second kappa shape index (κ2) is 8.31. The molecule has 2 aromatic rings. The minimum atomic E-state index is -1.09. The van der Waals surface area contributed by atoms with Gasteiger partial charge in [0.05, 0.1) is 6.61 Å². The lowest BCUT2D eigenvalue weighted by molar-refractivity contribution is -0.121. The molecule has 0 aliphatic heterocycles. The van der Waals surface area contributed by atoms with Crippen LogP contribution >= 0.6 is 0 Å².